The second kappa shape index (κ2) is 12.3. The van der Waals surface area contributed by atoms with Crippen molar-refractivity contribution in [2.45, 2.75) is 76.9 Å². The number of rotatable bonds is 7. The molecule has 5 rings (SSSR count). The number of hydrogen-bond donors (Lipinski definition) is 3. The van der Waals surface area contributed by atoms with Crippen LogP contribution in [-0.4, -0.2) is 34.7 Å². The maximum absolute atomic E-state index is 14.9. The van der Waals surface area contributed by atoms with E-state index in [9.17, 15) is 27.5 Å². The summed E-state index contributed by atoms with van der Waals surface area (Å²) in [6.45, 7) is 3.42. The lowest BCUT2D eigenvalue weighted by molar-refractivity contribution is -0.138. The summed E-state index contributed by atoms with van der Waals surface area (Å²) in [7, 11) is 0. The summed E-state index contributed by atoms with van der Waals surface area (Å²) < 4.78 is 55.6. The van der Waals surface area contributed by atoms with Gasteiger partial charge in [-0.2, -0.15) is 13.2 Å². The Morgan fingerprint density at radius 2 is 1.62 bits per heavy atom. The van der Waals surface area contributed by atoms with Crippen molar-refractivity contribution in [3.63, 3.8) is 0 Å². The normalized spacial score (nSPS) is 20.4. The quantitative estimate of drug-likeness (QED) is 0.196. The number of nitrogens with one attached hydrogen (secondary N) is 2. The molecule has 1 aliphatic carbocycles. The SMILES string of the molecule is Cc1ccc(N[C@@H](O)C2CCCN(C(=O)c3c(C)cccc3F)C2c2ccc(NC3CCCC3)cc2)cc1C(F)(F)F. The fourth-order valence-electron chi connectivity index (χ4n) is 6.43. The minimum Gasteiger partial charge on any atom is -0.382 e. The van der Waals surface area contributed by atoms with Crippen LogP contribution < -0.4 is 10.6 Å². The van der Waals surface area contributed by atoms with Crippen LogP contribution in [-0.2, 0) is 6.18 Å². The summed E-state index contributed by atoms with van der Waals surface area (Å²) in [6, 6.07) is 15.9. The molecule has 42 heavy (non-hydrogen) atoms. The van der Waals surface area contributed by atoms with E-state index in [4.69, 9.17) is 0 Å². The molecule has 0 radical (unpaired) electrons. The third kappa shape index (κ3) is 6.41. The van der Waals surface area contributed by atoms with Crippen molar-refractivity contribution < 1.29 is 27.5 Å². The standard InChI is InChI=1S/C33H37F4N3O2/c1-20-12-15-25(19-27(20)33(35,36)37)39-31(41)26-10-6-18-40(32(42)29-21(2)7-5-11-28(29)34)30(26)22-13-16-24(17-14-22)38-23-8-3-4-9-23/h5,7,11-17,19,23,26,30-31,38-39,41H,3-4,6,8-10,18H2,1-2H3/t26?,30?,31-/m0/s1. The summed E-state index contributed by atoms with van der Waals surface area (Å²) >= 11 is 0. The molecule has 1 heterocycles. The predicted molar refractivity (Wildman–Crippen MR) is 156 cm³/mol. The van der Waals surface area contributed by atoms with Gasteiger partial charge in [0.2, 0.25) is 0 Å². The Bertz CT molecular complexity index is 1380. The van der Waals surface area contributed by atoms with Gasteiger partial charge in [0, 0.05) is 29.9 Å². The van der Waals surface area contributed by atoms with Gasteiger partial charge in [-0.05, 0) is 86.6 Å². The van der Waals surface area contributed by atoms with Crippen molar-refractivity contribution in [3.05, 3.63) is 94.3 Å². The van der Waals surface area contributed by atoms with E-state index in [1.165, 1.54) is 38.0 Å². The molecule has 3 aromatic carbocycles. The molecule has 224 valence electrons. The fourth-order valence-corrected chi connectivity index (χ4v) is 6.43. The van der Waals surface area contributed by atoms with Gasteiger partial charge in [-0.1, -0.05) is 43.2 Å². The zero-order valence-electron chi connectivity index (χ0n) is 23.8. The topological polar surface area (TPSA) is 64.6 Å². The Morgan fingerprint density at radius 3 is 2.29 bits per heavy atom. The number of aliphatic hydroxyl groups excluding tert-OH is 1. The van der Waals surface area contributed by atoms with Gasteiger partial charge in [0.1, 0.15) is 12.0 Å². The molecule has 1 aliphatic heterocycles. The van der Waals surface area contributed by atoms with Crippen LogP contribution >= 0.6 is 0 Å². The van der Waals surface area contributed by atoms with Crippen LogP contribution in [0.5, 0.6) is 0 Å². The van der Waals surface area contributed by atoms with Gasteiger partial charge in [0.05, 0.1) is 17.2 Å². The van der Waals surface area contributed by atoms with Gasteiger partial charge >= 0.3 is 6.18 Å². The summed E-state index contributed by atoms with van der Waals surface area (Å²) in [4.78, 5) is 15.5. The van der Waals surface area contributed by atoms with E-state index in [1.807, 2.05) is 24.3 Å². The number of hydrogen-bond acceptors (Lipinski definition) is 4. The number of carbonyl (C=O) groups excluding carboxylic acids is 1. The largest absolute Gasteiger partial charge is 0.416 e. The molecule has 3 aromatic rings. The summed E-state index contributed by atoms with van der Waals surface area (Å²) in [5.41, 5.74) is 1.65. The molecule has 9 heteroatoms. The van der Waals surface area contributed by atoms with Gasteiger partial charge < -0.3 is 20.6 Å². The second-order valence-corrected chi connectivity index (χ2v) is 11.5. The third-order valence-electron chi connectivity index (χ3n) is 8.62. The molecule has 3 atom stereocenters. The molecule has 0 bridgehead atoms. The highest BCUT2D eigenvalue weighted by atomic mass is 19.4. The minimum absolute atomic E-state index is 0.0153. The molecule has 2 fully saturated rings. The Hall–Kier alpha value is -3.59. The number of benzene rings is 3. The van der Waals surface area contributed by atoms with E-state index >= 15 is 0 Å². The van der Waals surface area contributed by atoms with Crippen molar-refractivity contribution in [2.24, 2.45) is 5.92 Å². The number of carbonyl (C=O) groups is 1. The Morgan fingerprint density at radius 1 is 0.929 bits per heavy atom. The van der Waals surface area contributed by atoms with Crippen LogP contribution in [0, 0.1) is 25.6 Å². The highest BCUT2D eigenvalue weighted by Gasteiger charge is 2.41. The van der Waals surface area contributed by atoms with Gasteiger partial charge in [0.15, 0.2) is 0 Å². The van der Waals surface area contributed by atoms with E-state index < -0.39 is 41.7 Å². The van der Waals surface area contributed by atoms with E-state index in [-0.39, 0.29) is 16.8 Å². The van der Waals surface area contributed by atoms with Crippen molar-refractivity contribution >= 4 is 17.3 Å². The van der Waals surface area contributed by atoms with Crippen molar-refractivity contribution in [3.8, 4) is 0 Å². The first-order valence-corrected chi connectivity index (χ1v) is 14.6. The van der Waals surface area contributed by atoms with Crippen LogP contribution in [0.1, 0.15) is 77.2 Å². The lowest BCUT2D eigenvalue weighted by Gasteiger charge is -2.44. The number of halogens is 4. The average molecular weight is 584 g/mol. The molecule has 5 nitrogen and oxygen atoms in total. The highest BCUT2D eigenvalue weighted by Crippen LogP contribution is 2.41. The molecule has 1 saturated carbocycles. The molecular formula is C33H37F4N3O2. The maximum atomic E-state index is 14.9. The Labute approximate surface area is 243 Å². The van der Waals surface area contributed by atoms with Crippen molar-refractivity contribution in [2.75, 3.05) is 17.2 Å². The molecule has 0 spiro atoms. The Balaban J connectivity index is 1.47. The minimum atomic E-state index is -4.53. The number of amides is 1. The van der Waals surface area contributed by atoms with Crippen LogP contribution in [0.4, 0.5) is 28.9 Å². The zero-order chi connectivity index (χ0) is 30.0. The van der Waals surface area contributed by atoms with E-state index in [0.717, 1.165) is 30.2 Å². The summed E-state index contributed by atoms with van der Waals surface area (Å²) in [5.74, 6) is -1.66. The monoisotopic (exact) mass is 583 g/mol. The maximum Gasteiger partial charge on any atom is 0.416 e. The molecule has 2 unspecified atom stereocenters. The molecule has 2 aliphatic rings. The van der Waals surface area contributed by atoms with Crippen LogP contribution in [0.15, 0.2) is 60.7 Å². The first-order chi connectivity index (χ1) is 20.0. The predicted octanol–water partition coefficient (Wildman–Crippen LogP) is 7.84. The number of alkyl halides is 3. The smallest absolute Gasteiger partial charge is 0.382 e. The average Bonchev–Trinajstić information content (AvgIpc) is 3.46. The van der Waals surface area contributed by atoms with E-state index in [1.54, 1.807) is 24.0 Å². The number of aliphatic hydroxyl groups is 1. The number of aryl methyl sites for hydroxylation is 2. The lowest BCUT2D eigenvalue weighted by atomic mass is 9.82. The third-order valence-corrected chi connectivity index (χ3v) is 8.62. The van der Waals surface area contributed by atoms with Gasteiger partial charge in [-0.25, -0.2) is 4.39 Å². The highest BCUT2D eigenvalue weighted by molar-refractivity contribution is 5.96. The molecule has 3 N–H and O–H groups in total. The lowest BCUT2D eigenvalue weighted by Crippen LogP contribution is -2.48. The second-order valence-electron chi connectivity index (χ2n) is 11.5. The zero-order valence-corrected chi connectivity index (χ0v) is 23.8. The van der Waals surface area contributed by atoms with Crippen LogP contribution in [0.3, 0.4) is 0 Å². The van der Waals surface area contributed by atoms with Gasteiger partial charge in [-0.3, -0.25) is 4.79 Å². The number of piperidine rings is 1. The van der Waals surface area contributed by atoms with Gasteiger partial charge in [0.25, 0.3) is 5.91 Å². The first kappa shape index (κ1) is 29.9. The van der Waals surface area contributed by atoms with Crippen LogP contribution in [0.2, 0.25) is 0 Å². The number of nitrogens with zero attached hydrogens (tertiary/aromatic N) is 1. The fraction of sp³-hybridized carbons (Fsp3) is 0.424. The number of anilines is 2. The molecule has 1 amide bonds. The van der Waals surface area contributed by atoms with Crippen LogP contribution in [0.25, 0.3) is 0 Å². The first-order valence-electron chi connectivity index (χ1n) is 14.6. The Kier molecular flexibility index (Phi) is 8.78. The molecule has 1 saturated heterocycles. The summed E-state index contributed by atoms with van der Waals surface area (Å²) in [5, 5.41) is 17.8. The summed E-state index contributed by atoms with van der Waals surface area (Å²) in [6.07, 6.45) is -0.124. The van der Waals surface area contributed by atoms with Crippen molar-refractivity contribution in [1.82, 2.24) is 4.90 Å². The molecule has 0 aromatic heterocycles. The number of likely N-dealkylation sites (tertiary alicyclic amines) is 1. The molecular weight excluding hydrogens is 546 g/mol. The van der Waals surface area contributed by atoms with Crippen molar-refractivity contribution in [1.29, 1.82) is 0 Å². The van der Waals surface area contributed by atoms with E-state index in [0.29, 0.717) is 31.0 Å². The van der Waals surface area contributed by atoms with Gasteiger partial charge in [-0.15, -0.1) is 0 Å². The van der Waals surface area contributed by atoms with E-state index in [2.05, 4.69) is 10.6 Å².